The predicted octanol–water partition coefficient (Wildman–Crippen LogP) is 1.31. The van der Waals surface area contributed by atoms with Gasteiger partial charge in [0.2, 0.25) is 11.8 Å². The van der Waals surface area contributed by atoms with E-state index in [1.54, 1.807) is 7.11 Å². The average Bonchev–Trinajstić information content (AvgIpc) is 2.77. The lowest BCUT2D eigenvalue weighted by atomic mass is 9.96. The van der Waals surface area contributed by atoms with Crippen molar-refractivity contribution in [3.8, 4) is 5.75 Å². The van der Waals surface area contributed by atoms with Crippen molar-refractivity contribution in [2.24, 2.45) is 5.92 Å². The van der Waals surface area contributed by atoms with Gasteiger partial charge in [0.1, 0.15) is 5.75 Å². The first-order chi connectivity index (χ1) is 14.2. The molecule has 160 valence electrons. The highest BCUT2D eigenvalue weighted by Crippen LogP contribution is 2.18. The van der Waals surface area contributed by atoms with E-state index in [2.05, 4.69) is 22.3 Å². The van der Waals surface area contributed by atoms with E-state index < -0.39 is 0 Å². The van der Waals surface area contributed by atoms with Gasteiger partial charge in [-0.05, 0) is 37.0 Å². The molecule has 2 fully saturated rings. The monoisotopic (exact) mass is 403 g/mol. The molecular weight excluding hydrogens is 370 g/mol. The number of ether oxygens (including phenoxy) is 2. The van der Waals surface area contributed by atoms with Crippen molar-refractivity contribution in [3.05, 3.63) is 29.8 Å². The maximum atomic E-state index is 12.6. The molecule has 0 bridgehead atoms. The van der Waals surface area contributed by atoms with Crippen LogP contribution < -0.4 is 10.1 Å². The molecule has 0 radical (unpaired) electrons. The Balaban J connectivity index is 1.36. The maximum Gasteiger partial charge on any atom is 0.224 e. The molecule has 29 heavy (non-hydrogen) atoms. The van der Waals surface area contributed by atoms with Gasteiger partial charge in [0.25, 0.3) is 0 Å². The molecule has 0 aromatic heterocycles. The van der Waals surface area contributed by atoms with Crippen LogP contribution in [0.15, 0.2) is 24.3 Å². The number of hydrogen-bond acceptors (Lipinski definition) is 5. The fraction of sp³-hybridized carbons (Fsp3) is 0.636. The summed E-state index contributed by atoms with van der Waals surface area (Å²) in [6.45, 7) is 6.09. The molecule has 1 aromatic rings. The molecule has 7 nitrogen and oxygen atoms in total. The van der Waals surface area contributed by atoms with Crippen LogP contribution in [-0.4, -0.2) is 81.2 Å². The van der Waals surface area contributed by atoms with Crippen LogP contribution in [0, 0.1) is 5.92 Å². The fourth-order valence-electron chi connectivity index (χ4n) is 3.87. The van der Waals surface area contributed by atoms with Crippen molar-refractivity contribution < 1.29 is 19.1 Å². The summed E-state index contributed by atoms with van der Waals surface area (Å²) in [5, 5.41) is 3.06. The summed E-state index contributed by atoms with van der Waals surface area (Å²) in [6.07, 6.45) is 2.92. The zero-order valence-electron chi connectivity index (χ0n) is 17.4. The van der Waals surface area contributed by atoms with Crippen LogP contribution in [0.3, 0.4) is 0 Å². The SMILES string of the molecule is COc1ccc(CCCNC(=O)[C@H]2CCC(=O)N(CCN3CCOCC3)C2)cc1. The molecule has 0 unspecified atom stereocenters. The van der Waals surface area contributed by atoms with Gasteiger partial charge in [-0.15, -0.1) is 0 Å². The van der Waals surface area contributed by atoms with E-state index >= 15 is 0 Å². The number of nitrogens with one attached hydrogen (secondary N) is 1. The summed E-state index contributed by atoms with van der Waals surface area (Å²) in [5.74, 6) is 0.996. The lowest BCUT2D eigenvalue weighted by molar-refractivity contribution is -0.138. The molecule has 0 spiro atoms. The van der Waals surface area contributed by atoms with E-state index in [9.17, 15) is 9.59 Å². The molecule has 0 saturated carbocycles. The minimum atomic E-state index is -0.0987. The van der Waals surface area contributed by atoms with E-state index in [0.29, 0.717) is 32.5 Å². The number of amides is 2. The summed E-state index contributed by atoms with van der Waals surface area (Å²) in [4.78, 5) is 29.0. The average molecular weight is 404 g/mol. The Hall–Kier alpha value is -2.12. The van der Waals surface area contributed by atoms with Gasteiger partial charge in [-0.3, -0.25) is 14.5 Å². The topological polar surface area (TPSA) is 71.1 Å². The molecular formula is C22H33N3O4. The molecule has 1 atom stereocenters. The second kappa shape index (κ2) is 11.2. The van der Waals surface area contributed by atoms with Gasteiger partial charge < -0.3 is 19.7 Å². The predicted molar refractivity (Wildman–Crippen MR) is 111 cm³/mol. The normalized spacial score (nSPS) is 20.5. The Morgan fingerprint density at radius 1 is 1.21 bits per heavy atom. The Morgan fingerprint density at radius 3 is 2.69 bits per heavy atom. The molecule has 2 aliphatic heterocycles. The number of aryl methyl sites for hydroxylation is 1. The molecule has 2 saturated heterocycles. The van der Waals surface area contributed by atoms with Crippen LogP contribution in [0.25, 0.3) is 0 Å². The Kier molecular flexibility index (Phi) is 8.31. The second-order valence-electron chi connectivity index (χ2n) is 7.77. The van der Waals surface area contributed by atoms with Gasteiger partial charge in [0, 0.05) is 45.7 Å². The van der Waals surface area contributed by atoms with Gasteiger partial charge in [0.05, 0.1) is 26.2 Å². The van der Waals surface area contributed by atoms with E-state index in [1.807, 2.05) is 17.0 Å². The van der Waals surface area contributed by atoms with Crippen molar-refractivity contribution in [3.63, 3.8) is 0 Å². The number of carbonyl (C=O) groups is 2. The number of piperidine rings is 1. The molecule has 7 heteroatoms. The number of carbonyl (C=O) groups excluding carboxylic acids is 2. The third-order valence-electron chi connectivity index (χ3n) is 5.76. The zero-order valence-corrected chi connectivity index (χ0v) is 17.4. The van der Waals surface area contributed by atoms with Crippen LogP contribution in [0.2, 0.25) is 0 Å². The quantitative estimate of drug-likeness (QED) is 0.630. The standard InChI is InChI=1S/C22H33N3O4/c1-28-20-7-4-18(5-8-20)3-2-10-23-22(27)19-6-9-21(26)25(17-19)12-11-24-13-15-29-16-14-24/h4-5,7-8,19H,2-3,6,9-17H2,1H3,(H,23,27)/t19-/m0/s1. The lowest BCUT2D eigenvalue weighted by Crippen LogP contribution is -2.49. The number of morpholine rings is 1. The number of rotatable bonds is 9. The Bertz CT molecular complexity index is 659. The van der Waals surface area contributed by atoms with Crippen molar-refractivity contribution in [2.45, 2.75) is 25.7 Å². The molecule has 2 amide bonds. The first-order valence-electron chi connectivity index (χ1n) is 10.6. The van der Waals surface area contributed by atoms with Crippen LogP contribution in [0.1, 0.15) is 24.8 Å². The Morgan fingerprint density at radius 2 is 1.97 bits per heavy atom. The maximum absolute atomic E-state index is 12.6. The van der Waals surface area contributed by atoms with E-state index in [-0.39, 0.29) is 17.7 Å². The summed E-state index contributed by atoms with van der Waals surface area (Å²) >= 11 is 0. The lowest BCUT2D eigenvalue weighted by Gasteiger charge is -2.34. The molecule has 2 heterocycles. The number of likely N-dealkylation sites (tertiary alicyclic amines) is 1. The minimum Gasteiger partial charge on any atom is -0.497 e. The van der Waals surface area contributed by atoms with Gasteiger partial charge >= 0.3 is 0 Å². The number of nitrogens with zero attached hydrogens (tertiary/aromatic N) is 2. The number of benzene rings is 1. The summed E-state index contributed by atoms with van der Waals surface area (Å²) in [7, 11) is 1.66. The zero-order chi connectivity index (χ0) is 20.5. The van der Waals surface area contributed by atoms with Crippen LogP contribution in [-0.2, 0) is 20.7 Å². The minimum absolute atomic E-state index is 0.0728. The van der Waals surface area contributed by atoms with Gasteiger partial charge in [-0.1, -0.05) is 12.1 Å². The van der Waals surface area contributed by atoms with Crippen molar-refractivity contribution in [1.29, 1.82) is 0 Å². The van der Waals surface area contributed by atoms with Gasteiger partial charge in [0.15, 0.2) is 0 Å². The highest BCUT2D eigenvalue weighted by Gasteiger charge is 2.30. The molecule has 3 rings (SSSR count). The molecule has 2 aliphatic rings. The Labute approximate surface area is 173 Å². The first-order valence-corrected chi connectivity index (χ1v) is 10.6. The number of hydrogen-bond donors (Lipinski definition) is 1. The van der Waals surface area contributed by atoms with Gasteiger partial charge in [-0.25, -0.2) is 0 Å². The number of methoxy groups -OCH3 is 1. The molecule has 0 aliphatic carbocycles. The van der Waals surface area contributed by atoms with Crippen molar-refractivity contribution in [1.82, 2.24) is 15.1 Å². The first kappa shape index (κ1) is 21.6. The largest absolute Gasteiger partial charge is 0.497 e. The van der Waals surface area contributed by atoms with Crippen LogP contribution in [0.5, 0.6) is 5.75 Å². The summed E-state index contributed by atoms with van der Waals surface area (Å²) < 4.78 is 10.5. The smallest absolute Gasteiger partial charge is 0.224 e. The van der Waals surface area contributed by atoms with Crippen molar-refractivity contribution in [2.75, 3.05) is 59.6 Å². The van der Waals surface area contributed by atoms with Gasteiger partial charge in [-0.2, -0.15) is 0 Å². The summed E-state index contributed by atoms with van der Waals surface area (Å²) in [6, 6.07) is 8.02. The highest BCUT2D eigenvalue weighted by molar-refractivity contribution is 5.83. The molecule has 1 N–H and O–H groups in total. The second-order valence-corrected chi connectivity index (χ2v) is 7.77. The summed E-state index contributed by atoms with van der Waals surface area (Å²) in [5.41, 5.74) is 1.23. The van der Waals surface area contributed by atoms with Crippen LogP contribution >= 0.6 is 0 Å². The van der Waals surface area contributed by atoms with E-state index in [0.717, 1.165) is 51.4 Å². The third-order valence-corrected chi connectivity index (χ3v) is 5.76. The van der Waals surface area contributed by atoms with E-state index in [1.165, 1.54) is 5.56 Å². The third kappa shape index (κ3) is 6.72. The van der Waals surface area contributed by atoms with Crippen LogP contribution in [0.4, 0.5) is 0 Å². The highest BCUT2D eigenvalue weighted by atomic mass is 16.5. The fourth-order valence-corrected chi connectivity index (χ4v) is 3.87. The van der Waals surface area contributed by atoms with Crippen molar-refractivity contribution >= 4 is 11.8 Å². The molecule has 1 aromatic carbocycles. The van der Waals surface area contributed by atoms with E-state index in [4.69, 9.17) is 9.47 Å².